The normalized spacial score (nSPS) is 14.8. The third-order valence-corrected chi connectivity index (χ3v) is 5.77. The first-order chi connectivity index (χ1) is 15.7. The molecule has 0 aliphatic carbocycles. The molecule has 1 fully saturated rings. The molecule has 0 radical (unpaired) electrons. The molecule has 2 aromatic carbocycles. The molecule has 1 aromatic heterocycles. The van der Waals surface area contributed by atoms with Crippen LogP contribution in [0.4, 0.5) is 5.69 Å². The van der Waals surface area contributed by atoms with E-state index < -0.39 is 0 Å². The van der Waals surface area contributed by atoms with Gasteiger partial charge in [-0.05, 0) is 35.9 Å². The first-order valence-corrected chi connectivity index (χ1v) is 11.0. The van der Waals surface area contributed by atoms with Crippen molar-refractivity contribution in [1.82, 2.24) is 14.5 Å². The Morgan fingerprint density at radius 3 is 2.66 bits per heavy atom. The fourth-order valence-electron chi connectivity index (χ4n) is 4.04. The van der Waals surface area contributed by atoms with E-state index in [0.29, 0.717) is 0 Å². The third kappa shape index (κ3) is 5.27. The van der Waals surface area contributed by atoms with Gasteiger partial charge in [-0.2, -0.15) is 0 Å². The molecule has 0 amide bonds. The van der Waals surface area contributed by atoms with Crippen LogP contribution >= 0.6 is 0 Å². The van der Waals surface area contributed by atoms with Crippen LogP contribution < -0.4 is 4.90 Å². The number of piperazine rings is 1. The van der Waals surface area contributed by atoms with Crippen molar-refractivity contribution in [3.63, 3.8) is 0 Å². The molecule has 1 N–H and O–H groups in total. The predicted octanol–water partition coefficient (Wildman–Crippen LogP) is 1.87. The van der Waals surface area contributed by atoms with Crippen LogP contribution in [0.25, 0.3) is 16.7 Å². The molecule has 1 saturated heterocycles. The number of carbonyl (C=O) groups is 1. The van der Waals surface area contributed by atoms with E-state index in [1.54, 1.807) is 7.11 Å². The number of methoxy groups -OCH3 is 1. The van der Waals surface area contributed by atoms with Crippen molar-refractivity contribution in [2.45, 2.75) is 6.42 Å². The molecule has 0 unspecified atom stereocenters. The molecule has 3 aromatic rings. The average molecular weight is 439 g/mol. The number of esters is 1. The number of aliphatic hydroxyl groups excluding tert-OH is 1. The van der Waals surface area contributed by atoms with Crippen LogP contribution in [0.5, 0.6) is 0 Å². The molecule has 4 rings (SSSR count). The van der Waals surface area contributed by atoms with E-state index in [1.165, 1.54) is 5.69 Å². The van der Waals surface area contributed by atoms with E-state index in [2.05, 4.69) is 43.6 Å². The number of aromatic nitrogens is 2. The fourth-order valence-corrected chi connectivity index (χ4v) is 4.04. The van der Waals surface area contributed by atoms with Gasteiger partial charge in [-0.15, -0.1) is 0 Å². The summed E-state index contributed by atoms with van der Waals surface area (Å²) in [4.78, 5) is 21.2. The Hall–Kier alpha value is -2.94. The number of nitrogens with zero attached hydrogens (tertiary/aromatic N) is 4. The molecule has 0 bridgehead atoms. The second-order valence-electron chi connectivity index (χ2n) is 7.90. The Morgan fingerprint density at radius 1 is 1.06 bits per heavy atom. The van der Waals surface area contributed by atoms with Crippen molar-refractivity contribution in [3.8, 4) is 5.69 Å². The van der Waals surface area contributed by atoms with Crippen LogP contribution in [0.15, 0.2) is 48.8 Å². The quantitative estimate of drug-likeness (QED) is 0.511. The van der Waals surface area contributed by atoms with E-state index >= 15 is 0 Å². The molecule has 8 nitrogen and oxygen atoms in total. The van der Waals surface area contributed by atoms with Gasteiger partial charge in [0.1, 0.15) is 12.9 Å². The zero-order chi connectivity index (χ0) is 22.3. The maximum Gasteiger partial charge on any atom is 0.310 e. The molecule has 170 valence electrons. The van der Waals surface area contributed by atoms with Crippen LogP contribution in [0.1, 0.15) is 5.56 Å². The molecule has 1 aliphatic rings. The molecule has 32 heavy (non-hydrogen) atoms. The Morgan fingerprint density at radius 2 is 1.88 bits per heavy atom. The summed E-state index contributed by atoms with van der Waals surface area (Å²) in [5, 5.41) is 8.78. The first kappa shape index (κ1) is 22.3. The van der Waals surface area contributed by atoms with Crippen molar-refractivity contribution in [2.75, 3.05) is 64.6 Å². The number of aliphatic hydroxyl groups is 1. The van der Waals surface area contributed by atoms with E-state index in [4.69, 9.17) is 14.6 Å². The van der Waals surface area contributed by atoms with Gasteiger partial charge >= 0.3 is 5.97 Å². The molecular weight excluding hydrogens is 408 g/mol. The van der Waals surface area contributed by atoms with Gasteiger partial charge in [0, 0.05) is 51.2 Å². The minimum atomic E-state index is -0.354. The maximum atomic E-state index is 11.8. The van der Waals surface area contributed by atoms with Crippen LogP contribution in [0.3, 0.4) is 0 Å². The van der Waals surface area contributed by atoms with Crippen LogP contribution in [-0.2, 0) is 20.7 Å². The number of hydrogen-bond donors (Lipinski definition) is 1. The van der Waals surface area contributed by atoms with Crippen LogP contribution in [0.2, 0.25) is 0 Å². The summed E-state index contributed by atoms with van der Waals surface area (Å²) in [6, 6.07) is 14.3. The number of imidazole rings is 1. The molecule has 0 saturated carbocycles. The molecule has 0 atom stereocenters. The largest absolute Gasteiger partial charge is 0.463 e. The highest BCUT2D eigenvalue weighted by Gasteiger charge is 2.17. The van der Waals surface area contributed by atoms with Gasteiger partial charge in [0.2, 0.25) is 0 Å². The number of carbonyl (C=O) groups excluding carboxylic acids is 1. The Labute approximate surface area is 188 Å². The van der Waals surface area contributed by atoms with Gasteiger partial charge in [0.15, 0.2) is 0 Å². The second-order valence-corrected chi connectivity index (χ2v) is 7.90. The molecule has 1 aliphatic heterocycles. The lowest BCUT2D eigenvalue weighted by Crippen LogP contribution is -2.47. The topological polar surface area (TPSA) is 80.1 Å². The Balaban J connectivity index is 1.47. The third-order valence-electron chi connectivity index (χ3n) is 5.77. The summed E-state index contributed by atoms with van der Waals surface area (Å²) in [6.07, 6.45) is 1.98. The Kier molecular flexibility index (Phi) is 7.36. The number of ether oxygens (including phenoxy) is 2. The average Bonchev–Trinajstić information content (AvgIpc) is 3.25. The molecule has 8 heteroatoms. The van der Waals surface area contributed by atoms with E-state index in [0.717, 1.165) is 61.6 Å². The maximum absolute atomic E-state index is 11.8. The molecule has 2 heterocycles. The van der Waals surface area contributed by atoms with Gasteiger partial charge in [-0.25, -0.2) is 4.98 Å². The summed E-state index contributed by atoms with van der Waals surface area (Å²) in [5.41, 5.74) is 4.92. The monoisotopic (exact) mass is 438 g/mol. The standard InChI is InChI=1S/C24H30N4O4/c1-31-13-11-26-7-9-27(10-8-26)20-3-2-4-21(17-20)28-18-25-22-15-19(5-6-23(22)28)16-24(30)32-14-12-29/h2-6,15,17-18,29H,7-14,16H2,1H3. The second kappa shape index (κ2) is 10.6. The smallest absolute Gasteiger partial charge is 0.310 e. The van der Waals surface area contributed by atoms with Crippen molar-refractivity contribution < 1.29 is 19.4 Å². The van der Waals surface area contributed by atoms with E-state index in [-0.39, 0.29) is 25.6 Å². The van der Waals surface area contributed by atoms with Crippen LogP contribution in [0, 0.1) is 0 Å². The van der Waals surface area contributed by atoms with E-state index in [9.17, 15) is 4.79 Å². The highest BCUT2D eigenvalue weighted by molar-refractivity contribution is 5.80. The van der Waals surface area contributed by atoms with Gasteiger partial charge in [0.25, 0.3) is 0 Å². The highest BCUT2D eigenvalue weighted by Crippen LogP contribution is 2.24. The van der Waals surface area contributed by atoms with Gasteiger partial charge in [0.05, 0.1) is 30.7 Å². The zero-order valence-corrected chi connectivity index (χ0v) is 18.4. The number of hydrogen-bond acceptors (Lipinski definition) is 7. The molecule has 0 spiro atoms. The summed E-state index contributed by atoms with van der Waals surface area (Å²) in [5.74, 6) is -0.354. The number of fused-ring (bicyclic) bond motifs is 1. The van der Waals surface area contributed by atoms with Gasteiger partial charge < -0.3 is 19.5 Å². The van der Waals surface area contributed by atoms with Crippen molar-refractivity contribution in [2.24, 2.45) is 0 Å². The Bertz CT molecular complexity index is 1040. The summed E-state index contributed by atoms with van der Waals surface area (Å²) >= 11 is 0. The number of anilines is 1. The molecular formula is C24H30N4O4. The predicted molar refractivity (Wildman–Crippen MR) is 123 cm³/mol. The number of rotatable bonds is 9. The highest BCUT2D eigenvalue weighted by atomic mass is 16.5. The zero-order valence-electron chi connectivity index (χ0n) is 18.4. The lowest BCUT2D eigenvalue weighted by molar-refractivity contribution is -0.143. The lowest BCUT2D eigenvalue weighted by Gasteiger charge is -2.36. The van der Waals surface area contributed by atoms with Crippen molar-refractivity contribution in [1.29, 1.82) is 0 Å². The fraction of sp³-hybridized carbons (Fsp3) is 0.417. The SMILES string of the molecule is COCCN1CCN(c2cccc(-n3cnc4cc(CC(=O)OCCO)ccc43)c2)CC1. The minimum Gasteiger partial charge on any atom is -0.463 e. The minimum absolute atomic E-state index is 0.0221. The van der Waals surface area contributed by atoms with Crippen molar-refractivity contribution >= 4 is 22.7 Å². The summed E-state index contributed by atoms with van der Waals surface area (Å²) in [6.45, 7) is 5.66. The van der Waals surface area contributed by atoms with Gasteiger partial charge in [-0.3, -0.25) is 14.3 Å². The van der Waals surface area contributed by atoms with Gasteiger partial charge in [-0.1, -0.05) is 12.1 Å². The lowest BCUT2D eigenvalue weighted by atomic mass is 10.1. The van der Waals surface area contributed by atoms with Crippen molar-refractivity contribution in [3.05, 3.63) is 54.4 Å². The van der Waals surface area contributed by atoms with Crippen LogP contribution in [-0.4, -0.2) is 85.2 Å². The summed E-state index contributed by atoms with van der Waals surface area (Å²) in [7, 11) is 1.75. The summed E-state index contributed by atoms with van der Waals surface area (Å²) < 4.78 is 12.2. The number of benzene rings is 2. The van der Waals surface area contributed by atoms with E-state index in [1.807, 2.05) is 24.5 Å². The first-order valence-electron chi connectivity index (χ1n) is 11.0.